The monoisotopic (exact) mass is 369 g/mol. The number of rotatable bonds is 4. The van der Waals surface area contributed by atoms with Crippen LogP contribution in [0.4, 0.5) is 5.69 Å². The lowest BCUT2D eigenvalue weighted by Crippen LogP contribution is -2.08. The van der Waals surface area contributed by atoms with Gasteiger partial charge in [0.2, 0.25) is 0 Å². The minimum Gasteiger partial charge on any atom is -0.507 e. The van der Waals surface area contributed by atoms with Crippen molar-refractivity contribution in [2.24, 2.45) is 0 Å². The van der Waals surface area contributed by atoms with Gasteiger partial charge in [0, 0.05) is 40.8 Å². The van der Waals surface area contributed by atoms with E-state index >= 15 is 0 Å². The van der Waals surface area contributed by atoms with Crippen molar-refractivity contribution in [3.8, 4) is 34.0 Å². The molecule has 0 saturated heterocycles. The summed E-state index contributed by atoms with van der Waals surface area (Å²) >= 11 is 0. The van der Waals surface area contributed by atoms with Crippen LogP contribution in [0.25, 0.3) is 28.2 Å². The van der Waals surface area contributed by atoms with Crippen molar-refractivity contribution in [3.05, 3.63) is 84.7 Å². The molecule has 4 rings (SSSR count). The summed E-state index contributed by atoms with van der Waals surface area (Å²) in [5.74, 6) is 1.14. The maximum atomic E-state index is 10.9. The first-order valence-electron chi connectivity index (χ1n) is 9.37. The topological polar surface area (TPSA) is 64.1 Å². The number of hydrogen-bond acceptors (Lipinski definition) is 3. The highest BCUT2D eigenvalue weighted by molar-refractivity contribution is 5.85. The highest BCUT2D eigenvalue weighted by Crippen LogP contribution is 2.44. The van der Waals surface area contributed by atoms with Crippen molar-refractivity contribution >= 4 is 5.69 Å². The van der Waals surface area contributed by atoms with Crippen LogP contribution in [0.3, 0.4) is 0 Å². The first-order valence-corrected chi connectivity index (χ1v) is 9.37. The number of imidazole rings is 1. The Labute approximate surface area is 164 Å². The number of nitrogen functional groups attached to an aromatic ring is 1. The Kier molecular flexibility index (Phi) is 4.62. The normalized spacial score (nSPS) is 11.1. The summed E-state index contributed by atoms with van der Waals surface area (Å²) in [6, 6.07) is 21.6. The summed E-state index contributed by atoms with van der Waals surface area (Å²) in [5, 5.41) is 10.9. The molecule has 140 valence electrons. The SMILES string of the molecule is CC(C)c1c(N)cc(O)c(-c2ccccc2)c1-n1ccnc1-c1ccccc1. The van der Waals surface area contributed by atoms with E-state index in [9.17, 15) is 5.11 Å². The van der Waals surface area contributed by atoms with Crippen LogP contribution >= 0.6 is 0 Å². The summed E-state index contributed by atoms with van der Waals surface area (Å²) in [6.45, 7) is 4.22. The molecule has 0 fully saturated rings. The summed E-state index contributed by atoms with van der Waals surface area (Å²) in [6.07, 6.45) is 3.70. The van der Waals surface area contributed by atoms with Crippen LogP contribution in [0.5, 0.6) is 5.75 Å². The Bertz CT molecular complexity index is 1100. The largest absolute Gasteiger partial charge is 0.507 e. The number of aromatic nitrogens is 2. The zero-order chi connectivity index (χ0) is 19.7. The molecule has 0 bridgehead atoms. The van der Waals surface area contributed by atoms with Crippen molar-refractivity contribution in [3.63, 3.8) is 0 Å². The van der Waals surface area contributed by atoms with Crippen LogP contribution in [-0.4, -0.2) is 14.7 Å². The quantitative estimate of drug-likeness (QED) is 0.459. The van der Waals surface area contributed by atoms with Gasteiger partial charge in [-0.2, -0.15) is 0 Å². The fraction of sp³-hybridized carbons (Fsp3) is 0.125. The number of phenolic OH excluding ortho intramolecular Hbond substituents is 1. The first-order chi connectivity index (χ1) is 13.6. The minimum absolute atomic E-state index is 0.163. The van der Waals surface area contributed by atoms with Crippen molar-refractivity contribution in [1.29, 1.82) is 0 Å². The molecule has 4 nitrogen and oxygen atoms in total. The van der Waals surface area contributed by atoms with E-state index in [-0.39, 0.29) is 11.7 Å². The Morgan fingerprint density at radius 2 is 1.54 bits per heavy atom. The number of anilines is 1. The van der Waals surface area contributed by atoms with E-state index in [4.69, 9.17) is 5.73 Å². The Balaban J connectivity index is 2.09. The van der Waals surface area contributed by atoms with E-state index < -0.39 is 0 Å². The third kappa shape index (κ3) is 3.03. The van der Waals surface area contributed by atoms with E-state index in [1.54, 1.807) is 12.3 Å². The van der Waals surface area contributed by atoms with Crippen LogP contribution in [0.2, 0.25) is 0 Å². The molecule has 0 aliphatic heterocycles. The molecule has 4 aromatic rings. The summed E-state index contributed by atoms with van der Waals surface area (Å²) < 4.78 is 2.03. The molecule has 1 heterocycles. The molecule has 1 aromatic heterocycles. The molecule has 4 heteroatoms. The standard InChI is InChI=1S/C24H23N3O/c1-16(2)21-19(25)15-20(28)22(17-9-5-3-6-10-17)23(21)27-14-13-26-24(27)18-11-7-4-8-12-18/h3-16,28H,25H2,1-2H3. The van der Waals surface area contributed by atoms with Crippen molar-refractivity contribution in [1.82, 2.24) is 9.55 Å². The maximum Gasteiger partial charge on any atom is 0.144 e. The lowest BCUT2D eigenvalue weighted by Gasteiger charge is -2.23. The fourth-order valence-corrected chi connectivity index (χ4v) is 3.72. The molecule has 3 N–H and O–H groups in total. The summed E-state index contributed by atoms with van der Waals surface area (Å²) in [5.41, 5.74) is 11.5. The molecule has 0 spiro atoms. The average Bonchev–Trinajstić information content (AvgIpc) is 3.18. The van der Waals surface area contributed by atoms with Crippen molar-refractivity contribution in [2.45, 2.75) is 19.8 Å². The van der Waals surface area contributed by atoms with E-state index in [0.717, 1.165) is 33.8 Å². The molecule has 0 radical (unpaired) electrons. The third-order valence-corrected chi connectivity index (χ3v) is 4.90. The van der Waals surface area contributed by atoms with Gasteiger partial charge in [-0.25, -0.2) is 4.98 Å². The van der Waals surface area contributed by atoms with Gasteiger partial charge >= 0.3 is 0 Å². The minimum atomic E-state index is 0.163. The Hall–Kier alpha value is -3.53. The van der Waals surface area contributed by atoms with Gasteiger partial charge in [-0.05, 0) is 11.5 Å². The molecular formula is C24H23N3O. The Morgan fingerprint density at radius 1 is 0.929 bits per heavy atom. The second-order valence-corrected chi connectivity index (χ2v) is 7.13. The molecule has 0 saturated carbocycles. The second-order valence-electron chi connectivity index (χ2n) is 7.13. The van der Waals surface area contributed by atoms with Gasteiger partial charge in [0.1, 0.15) is 11.6 Å². The van der Waals surface area contributed by atoms with E-state index in [1.807, 2.05) is 71.4 Å². The van der Waals surface area contributed by atoms with Crippen LogP contribution in [0, 0.1) is 0 Å². The van der Waals surface area contributed by atoms with Gasteiger partial charge in [0.15, 0.2) is 0 Å². The predicted octanol–water partition coefficient (Wildman–Crippen LogP) is 5.62. The third-order valence-electron chi connectivity index (χ3n) is 4.90. The van der Waals surface area contributed by atoms with E-state index in [2.05, 4.69) is 18.8 Å². The van der Waals surface area contributed by atoms with Crippen molar-refractivity contribution in [2.75, 3.05) is 5.73 Å². The van der Waals surface area contributed by atoms with Crippen LogP contribution in [-0.2, 0) is 0 Å². The molecular weight excluding hydrogens is 346 g/mol. The number of hydrogen-bond donors (Lipinski definition) is 2. The fourth-order valence-electron chi connectivity index (χ4n) is 3.72. The lowest BCUT2D eigenvalue weighted by molar-refractivity contribution is 0.477. The van der Waals surface area contributed by atoms with E-state index in [0.29, 0.717) is 5.69 Å². The van der Waals surface area contributed by atoms with E-state index in [1.165, 1.54) is 0 Å². The average molecular weight is 369 g/mol. The zero-order valence-electron chi connectivity index (χ0n) is 16.0. The molecule has 0 aliphatic rings. The molecule has 28 heavy (non-hydrogen) atoms. The number of nitrogens with two attached hydrogens (primary N) is 1. The van der Waals surface area contributed by atoms with Gasteiger partial charge in [-0.1, -0.05) is 74.5 Å². The smallest absolute Gasteiger partial charge is 0.144 e. The molecule has 0 amide bonds. The number of benzene rings is 3. The lowest BCUT2D eigenvalue weighted by atomic mass is 9.91. The molecule has 0 atom stereocenters. The van der Waals surface area contributed by atoms with Crippen LogP contribution in [0.1, 0.15) is 25.3 Å². The van der Waals surface area contributed by atoms with Gasteiger partial charge < -0.3 is 10.8 Å². The second kappa shape index (κ2) is 7.24. The molecule has 0 aliphatic carbocycles. The van der Waals surface area contributed by atoms with Gasteiger partial charge in [-0.3, -0.25) is 4.57 Å². The number of phenols is 1. The highest BCUT2D eigenvalue weighted by Gasteiger charge is 2.23. The summed E-state index contributed by atoms with van der Waals surface area (Å²) in [4.78, 5) is 4.60. The number of aromatic hydroxyl groups is 1. The summed E-state index contributed by atoms with van der Waals surface area (Å²) in [7, 11) is 0. The van der Waals surface area contributed by atoms with Gasteiger partial charge in [-0.15, -0.1) is 0 Å². The zero-order valence-corrected chi connectivity index (χ0v) is 16.0. The predicted molar refractivity (Wildman–Crippen MR) is 115 cm³/mol. The van der Waals surface area contributed by atoms with Crippen LogP contribution in [0.15, 0.2) is 79.1 Å². The molecule has 3 aromatic carbocycles. The van der Waals surface area contributed by atoms with Crippen LogP contribution < -0.4 is 5.73 Å². The Morgan fingerprint density at radius 3 is 2.14 bits per heavy atom. The first kappa shape index (κ1) is 17.9. The highest BCUT2D eigenvalue weighted by atomic mass is 16.3. The van der Waals surface area contributed by atoms with Gasteiger partial charge in [0.05, 0.1) is 5.69 Å². The van der Waals surface area contributed by atoms with Crippen molar-refractivity contribution < 1.29 is 5.11 Å². The van der Waals surface area contributed by atoms with Gasteiger partial charge in [0.25, 0.3) is 0 Å². The molecule has 0 unspecified atom stereocenters. The maximum absolute atomic E-state index is 10.9. The number of nitrogens with zero attached hydrogens (tertiary/aromatic N) is 2.